The molecule has 1 atom stereocenters. The van der Waals surface area contributed by atoms with E-state index in [9.17, 15) is 8.78 Å². The van der Waals surface area contributed by atoms with Crippen LogP contribution >= 0.6 is 0 Å². The molecule has 0 saturated carbocycles. The molecular weight excluding hydrogens is 220 g/mol. The molecule has 0 radical (unpaired) electrons. The first-order valence-corrected chi connectivity index (χ1v) is 5.35. The van der Waals surface area contributed by atoms with Crippen LogP contribution in [0.3, 0.4) is 0 Å². The molecule has 0 aliphatic heterocycles. The van der Waals surface area contributed by atoms with E-state index in [4.69, 9.17) is 5.73 Å². The van der Waals surface area contributed by atoms with Gasteiger partial charge in [-0.25, -0.2) is 8.78 Å². The molecule has 0 amide bonds. The minimum Gasteiger partial charge on any atom is -0.320 e. The fourth-order valence-corrected chi connectivity index (χ4v) is 1.71. The predicted molar refractivity (Wildman–Crippen MR) is 63.6 cm³/mol. The van der Waals surface area contributed by atoms with E-state index in [1.165, 1.54) is 12.1 Å². The summed E-state index contributed by atoms with van der Waals surface area (Å²) in [4.78, 5) is 0. The summed E-state index contributed by atoms with van der Waals surface area (Å²) in [7, 11) is 0. The van der Waals surface area contributed by atoms with Crippen molar-refractivity contribution in [2.45, 2.75) is 13.0 Å². The third kappa shape index (κ3) is 2.34. The Kier molecular flexibility index (Phi) is 3.20. The minimum atomic E-state index is -0.874. The molecular formula is C14H13F2N. The zero-order valence-electron chi connectivity index (χ0n) is 9.45. The van der Waals surface area contributed by atoms with Gasteiger partial charge in [-0.2, -0.15) is 0 Å². The maximum atomic E-state index is 13.6. The van der Waals surface area contributed by atoms with E-state index in [1.807, 2.05) is 31.2 Å². The Labute approximate surface area is 98.9 Å². The molecule has 0 spiro atoms. The van der Waals surface area contributed by atoms with Gasteiger partial charge in [0.05, 0.1) is 6.04 Å². The highest BCUT2D eigenvalue weighted by molar-refractivity contribution is 5.33. The van der Waals surface area contributed by atoms with Gasteiger partial charge in [-0.1, -0.05) is 42.0 Å². The first-order chi connectivity index (χ1) is 8.09. The number of benzene rings is 2. The molecule has 17 heavy (non-hydrogen) atoms. The lowest BCUT2D eigenvalue weighted by Crippen LogP contribution is -2.14. The Hall–Kier alpha value is -1.74. The Morgan fingerprint density at radius 3 is 2.29 bits per heavy atom. The first-order valence-electron chi connectivity index (χ1n) is 5.35. The van der Waals surface area contributed by atoms with E-state index in [0.717, 1.165) is 17.2 Å². The molecule has 0 saturated heterocycles. The average molecular weight is 233 g/mol. The second-order valence-corrected chi connectivity index (χ2v) is 4.03. The predicted octanol–water partition coefficient (Wildman–Crippen LogP) is 3.32. The van der Waals surface area contributed by atoms with E-state index in [2.05, 4.69) is 0 Å². The van der Waals surface area contributed by atoms with Gasteiger partial charge in [0.25, 0.3) is 0 Å². The number of nitrogens with two attached hydrogens (primary N) is 1. The van der Waals surface area contributed by atoms with Gasteiger partial charge in [-0.05, 0) is 18.6 Å². The summed E-state index contributed by atoms with van der Waals surface area (Å²) in [6.45, 7) is 1.96. The zero-order valence-corrected chi connectivity index (χ0v) is 9.45. The van der Waals surface area contributed by atoms with Crippen LogP contribution in [0.1, 0.15) is 22.7 Å². The van der Waals surface area contributed by atoms with Crippen molar-refractivity contribution in [1.29, 1.82) is 0 Å². The van der Waals surface area contributed by atoms with E-state index in [0.29, 0.717) is 0 Å². The SMILES string of the molecule is Cc1ccc(C(N)c2cccc(F)c2F)cc1. The molecule has 1 unspecified atom stereocenters. The lowest BCUT2D eigenvalue weighted by Gasteiger charge is -2.13. The van der Waals surface area contributed by atoms with Crippen molar-refractivity contribution in [3.63, 3.8) is 0 Å². The first kappa shape index (κ1) is 11.7. The van der Waals surface area contributed by atoms with Crippen LogP contribution in [-0.2, 0) is 0 Å². The van der Waals surface area contributed by atoms with Crippen LogP contribution < -0.4 is 5.73 Å². The lowest BCUT2D eigenvalue weighted by atomic mass is 9.98. The summed E-state index contributed by atoms with van der Waals surface area (Å²) in [6, 6.07) is 10.8. The van der Waals surface area contributed by atoms with Gasteiger partial charge in [-0.15, -0.1) is 0 Å². The molecule has 2 aromatic rings. The number of halogens is 2. The summed E-state index contributed by atoms with van der Waals surface area (Å²) in [5, 5.41) is 0. The van der Waals surface area contributed by atoms with Crippen LogP contribution in [0.25, 0.3) is 0 Å². The van der Waals surface area contributed by atoms with Gasteiger partial charge >= 0.3 is 0 Å². The number of rotatable bonds is 2. The van der Waals surface area contributed by atoms with Crippen molar-refractivity contribution in [2.75, 3.05) is 0 Å². The second-order valence-electron chi connectivity index (χ2n) is 4.03. The normalized spacial score (nSPS) is 12.5. The maximum absolute atomic E-state index is 13.6. The summed E-state index contributed by atoms with van der Waals surface area (Å²) < 4.78 is 26.7. The fraction of sp³-hybridized carbons (Fsp3) is 0.143. The van der Waals surface area contributed by atoms with Crippen molar-refractivity contribution >= 4 is 0 Å². The van der Waals surface area contributed by atoms with Crippen LogP contribution in [0, 0.1) is 18.6 Å². The molecule has 88 valence electrons. The number of hydrogen-bond acceptors (Lipinski definition) is 1. The third-order valence-corrected chi connectivity index (χ3v) is 2.75. The van der Waals surface area contributed by atoms with Gasteiger partial charge in [-0.3, -0.25) is 0 Å². The summed E-state index contributed by atoms with van der Waals surface area (Å²) >= 11 is 0. The summed E-state index contributed by atoms with van der Waals surface area (Å²) in [5.74, 6) is -1.74. The van der Waals surface area contributed by atoms with Gasteiger partial charge in [0.1, 0.15) is 0 Å². The van der Waals surface area contributed by atoms with Crippen LogP contribution in [0.5, 0.6) is 0 Å². The van der Waals surface area contributed by atoms with Crippen molar-refractivity contribution in [1.82, 2.24) is 0 Å². The molecule has 2 aromatic carbocycles. The largest absolute Gasteiger partial charge is 0.320 e. The molecule has 3 heteroatoms. The molecule has 0 bridgehead atoms. The van der Waals surface area contributed by atoms with Gasteiger partial charge in [0.2, 0.25) is 0 Å². The monoisotopic (exact) mass is 233 g/mol. The topological polar surface area (TPSA) is 26.0 Å². The minimum absolute atomic E-state index is 0.175. The average Bonchev–Trinajstić information content (AvgIpc) is 2.33. The van der Waals surface area contributed by atoms with Crippen LogP contribution in [0.15, 0.2) is 42.5 Å². The second kappa shape index (κ2) is 4.63. The van der Waals surface area contributed by atoms with Crippen molar-refractivity contribution in [3.8, 4) is 0 Å². The van der Waals surface area contributed by atoms with Crippen molar-refractivity contribution in [2.24, 2.45) is 5.73 Å². The highest BCUT2D eigenvalue weighted by Gasteiger charge is 2.15. The van der Waals surface area contributed by atoms with Crippen molar-refractivity contribution in [3.05, 3.63) is 70.8 Å². The summed E-state index contributed by atoms with van der Waals surface area (Å²) in [5.41, 5.74) is 7.97. The van der Waals surface area contributed by atoms with E-state index < -0.39 is 17.7 Å². The quantitative estimate of drug-likeness (QED) is 0.846. The van der Waals surface area contributed by atoms with E-state index >= 15 is 0 Å². The highest BCUT2D eigenvalue weighted by atomic mass is 19.2. The van der Waals surface area contributed by atoms with Crippen LogP contribution in [-0.4, -0.2) is 0 Å². The zero-order chi connectivity index (χ0) is 12.4. The standard InChI is InChI=1S/C14H13F2N/c1-9-5-7-10(8-6-9)14(17)11-3-2-4-12(15)13(11)16/h2-8,14H,17H2,1H3. The Morgan fingerprint density at radius 1 is 1.00 bits per heavy atom. The molecule has 0 aromatic heterocycles. The smallest absolute Gasteiger partial charge is 0.163 e. The molecule has 2 N–H and O–H groups in total. The molecule has 2 rings (SSSR count). The Balaban J connectivity index is 2.40. The van der Waals surface area contributed by atoms with Crippen LogP contribution in [0.4, 0.5) is 8.78 Å². The lowest BCUT2D eigenvalue weighted by molar-refractivity contribution is 0.494. The molecule has 1 nitrogen and oxygen atoms in total. The van der Waals surface area contributed by atoms with E-state index in [1.54, 1.807) is 0 Å². The van der Waals surface area contributed by atoms with Crippen molar-refractivity contribution < 1.29 is 8.78 Å². The van der Waals surface area contributed by atoms with E-state index in [-0.39, 0.29) is 5.56 Å². The maximum Gasteiger partial charge on any atom is 0.163 e. The number of aryl methyl sites for hydroxylation is 1. The van der Waals surface area contributed by atoms with Gasteiger partial charge < -0.3 is 5.73 Å². The molecule has 0 aliphatic rings. The molecule has 0 fully saturated rings. The molecule has 0 aliphatic carbocycles. The highest BCUT2D eigenvalue weighted by Crippen LogP contribution is 2.23. The fourth-order valence-electron chi connectivity index (χ4n) is 1.71. The number of hydrogen-bond donors (Lipinski definition) is 1. The van der Waals surface area contributed by atoms with Crippen LogP contribution in [0.2, 0.25) is 0 Å². The third-order valence-electron chi connectivity index (χ3n) is 2.75. The Morgan fingerprint density at radius 2 is 1.65 bits per heavy atom. The summed E-state index contributed by atoms with van der Waals surface area (Å²) in [6.07, 6.45) is 0. The van der Waals surface area contributed by atoms with Gasteiger partial charge in [0, 0.05) is 5.56 Å². The molecule has 0 heterocycles. The Bertz CT molecular complexity index is 520. The van der Waals surface area contributed by atoms with Gasteiger partial charge in [0.15, 0.2) is 11.6 Å².